The van der Waals surface area contributed by atoms with Gasteiger partial charge in [-0.3, -0.25) is 0 Å². The highest BCUT2D eigenvalue weighted by atomic mass is 16.5. The third-order valence-corrected chi connectivity index (χ3v) is 4.79. The van der Waals surface area contributed by atoms with Crippen LogP contribution in [0.3, 0.4) is 0 Å². The fourth-order valence-electron chi connectivity index (χ4n) is 3.17. The Morgan fingerprint density at radius 2 is 1.87 bits per heavy atom. The maximum absolute atomic E-state index is 5.89. The topological polar surface area (TPSA) is 73.3 Å². The molecule has 0 aromatic heterocycles. The molecule has 2 N–H and O–H groups in total. The first kappa shape index (κ1) is 22.7. The van der Waals surface area contributed by atoms with Crippen molar-refractivity contribution in [2.24, 2.45) is 4.99 Å². The number of guanidine groups is 1. The molecule has 31 heavy (non-hydrogen) atoms. The number of aliphatic imine (C=N–C) groups is 1. The van der Waals surface area contributed by atoms with Gasteiger partial charge in [0.05, 0.1) is 26.4 Å². The monoisotopic (exact) mass is 427 g/mol. The van der Waals surface area contributed by atoms with Crippen LogP contribution >= 0.6 is 0 Å². The van der Waals surface area contributed by atoms with E-state index >= 15 is 0 Å². The van der Waals surface area contributed by atoms with E-state index in [1.165, 1.54) is 0 Å². The first-order valence-electron chi connectivity index (χ1n) is 10.8. The van der Waals surface area contributed by atoms with Gasteiger partial charge in [0.2, 0.25) is 0 Å². The Bertz CT molecular complexity index is 870. The third kappa shape index (κ3) is 7.07. The van der Waals surface area contributed by atoms with E-state index in [0.29, 0.717) is 39.5 Å². The molecule has 2 aromatic rings. The van der Waals surface area contributed by atoms with Gasteiger partial charge in [-0.2, -0.15) is 0 Å². The van der Waals surface area contributed by atoms with E-state index in [0.717, 1.165) is 52.9 Å². The lowest BCUT2D eigenvalue weighted by molar-refractivity contribution is 0.145. The molecule has 0 radical (unpaired) electrons. The van der Waals surface area contributed by atoms with Crippen LogP contribution in [0.4, 0.5) is 0 Å². The molecule has 0 unspecified atom stereocenters. The van der Waals surface area contributed by atoms with Crippen molar-refractivity contribution in [2.45, 2.75) is 33.4 Å². The minimum atomic E-state index is 0.519. The summed E-state index contributed by atoms with van der Waals surface area (Å²) in [4.78, 5) is 4.73. The van der Waals surface area contributed by atoms with E-state index in [1.54, 1.807) is 7.11 Å². The number of nitrogens with zero attached hydrogens (tertiary/aromatic N) is 1. The van der Waals surface area contributed by atoms with Crippen LogP contribution in [0.15, 0.2) is 41.4 Å². The zero-order valence-electron chi connectivity index (χ0n) is 18.7. The molecule has 7 nitrogen and oxygen atoms in total. The van der Waals surface area contributed by atoms with Crippen LogP contribution in [-0.4, -0.2) is 46.0 Å². The Morgan fingerprint density at radius 1 is 1.03 bits per heavy atom. The molecular formula is C24H33N3O4. The molecule has 0 aliphatic carbocycles. The highest BCUT2D eigenvalue weighted by Crippen LogP contribution is 2.30. The largest absolute Gasteiger partial charge is 0.491 e. The SMILES string of the molecule is CCNC(=NCc1ccc2c(c1)OCCCO2)NCc1ccc(C)cc1OCCOC. The lowest BCUT2D eigenvalue weighted by Gasteiger charge is -2.15. The number of ether oxygens (including phenoxy) is 4. The maximum atomic E-state index is 5.89. The fourth-order valence-corrected chi connectivity index (χ4v) is 3.17. The van der Waals surface area contributed by atoms with Crippen LogP contribution in [0, 0.1) is 6.92 Å². The third-order valence-electron chi connectivity index (χ3n) is 4.79. The summed E-state index contributed by atoms with van der Waals surface area (Å²) in [7, 11) is 1.67. The zero-order valence-corrected chi connectivity index (χ0v) is 18.7. The normalized spacial score (nSPS) is 13.5. The second-order valence-corrected chi connectivity index (χ2v) is 7.33. The van der Waals surface area contributed by atoms with E-state index in [9.17, 15) is 0 Å². The molecule has 2 aromatic carbocycles. The molecule has 0 fully saturated rings. The first-order valence-corrected chi connectivity index (χ1v) is 10.8. The van der Waals surface area contributed by atoms with Gasteiger partial charge in [0.1, 0.15) is 12.4 Å². The van der Waals surface area contributed by atoms with Crippen molar-refractivity contribution in [1.29, 1.82) is 0 Å². The van der Waals surface area contributed by atoms with Gasteiger partial charge >= 0.3 is 0 Å². The van der Waals surface area contributed by atoms with E-state index < -0.39 is 0 Å². The zero-order chi connectivity index (χ0) is 21.9. The van der Waals surface area contributed by atoms with Gasteiger partial charge in [0.25, 0.3) is 0 Å². The predicted octanol–water partition coefficient (Wildman–Crippen LogP) is 3.44. The molecule has 1 aliphatic heterocycles. The lowest BCUT2D eigenvalue weighted by Crippen LogP contribution is -2.36. The summed E-state index contributed by atoms with van der Waals surface area (Å²) in [5, 5.41) is 6.70. The fraction of sp³-hybridized carbons (Fsp3) is 0.458. The first-order chi connectivity index (χ1) is 15.2. The molecule has 1 heterocycles. The molecule has 7 heteroatoms. The van der Waals surface area contributed by atoms with Gasteiger partial charge in [0, 0.05) is 32.2 Å². The van der Waals surface area contributed by atoms with Gasteiger partial charge in [-0.25, -0.2) is 4.99 Å². The van der Waals surface area contributed by atoms with Gasteiger partial charge in [-0.1, -0.05) is 18.2 Å². The van der Waals surface area contributed by atoms with Gasteiger partial charge in [0.15, 0.2) is 17.5 Å². The van der Waals surface area contributed by atoms with Crippen molar-refractivity contribution in [3.8, 4) is 17.2 Å². The Balaban J connectivity index is 1.65. The molecule has 0 atom stereocenters. The summed E-state index contributed by atoms with van der Waals surface area (Å²) in [5.74, 6) is 3.21. The number of hydrogen-bond donors (Lipinski definition) is 2. The van der Waals surface area contributed by atoms with Crippen molar-refractivity contribution < 1.29 is 18.9 Å². The number of hydrogen-bond acceptors (Lipinski definition) is 5. The number of aryl methyl sites for hydroxylation is 1. The van der Waals surface area contributed by atoms with E-state index in [-0.39, 0.29) is 0 Å². The molecule has 0 saturated heterocycles. The molecular weight excluding hydrogens is 394 g/mol. The number of rotatable bonds is 9. The highest BCUT2D eigenvalue weighted by Gasteiger charge is 2.11. The summed E-state index contributed by atoms with van der Waals surface area (Å²) in [6, 6.07) is 12.2. The minimum absolute atomic E-state index is 0.519. The summed E-state index contributed by atoms with van der Waals surface area (Å²) >= 11 is 0. The van der Waals surface area contributed by atoms with Gasteiger partial charge < -0.3 is 29.6 Å². The van der Waals surface area contributed by atoms with Crippen molar-refractivity contribution in [1.82, 2.24) is 10.6 Å². The summed E-state index contributed by atoms with van der Waals surface area (Å²) < 4.78 is 22.5. The summed E-state index contributed by atoms with van der Waals surface area (Å²) in [5.41, 5.74) is 3.30. The smallest absolute Gasteiger partial charge is 0.191 e. The maximum Gasteiger partial charge on any atom is 0.191 e. The van der Waals surface area contributed by atoms with Gasteiger partial charge in [-0.15, -0.1) is 0 Å². The van der Waals surface area contributed by atoms with E-state index in [1.807, 2.05) is 18.2 Å². The average molecular weight is 428 g/mol. The number of fused-ring (bicyclic) bond motifs is 1. The Hall–Kier alpha value is -2.93. The lowest BCUT2D eigenvalue weighted by atomic mass is 10.1. The Morgan fingerprint density at radius 3 is 2.68 bits per heavy atom. The molecule has 168 valence electrons. The molecule has 3 rings (SSSR count). The average Bonchev–Trinajstić information content (AvgIpc) is 3.02. The highest BCUT2D eigenvalue weighted by molar-refractivity contribution is 5.79. The quantitative estimate of drug-likeness (QED) is 0.363. The van der Waals surface area contributed by atoms with Crippen molar-refractivity contribution in [3.05, 3.63) is 53.1 Å². The van der Waals surface area contributed by atoms with Crippen molar-refractivity contribution in [2.75, 3.05) is 40.1 Å². The number of benzene rings is 2. The van der Waals surface area contributed by atoms with Crippen LogP contribution < -0.4 is 24.8 Å². The predicted molar refractivity (Wildman–Crippen MR) is 122 cm³/mol. The molecule has 0 amide bonds. The van der Waals surface area contributed by atoms with E-state index in [2.05, 4.69) is 42.7 Å². The van der Waals surface area contributed by atoms with Gasteiger partial charge in [-0.05, 0) is 43.2 Å². The minimum Gasteiger partial charge on any atom is -0.491 e. The van der Waals surface area contributed by atoms with Crippen LogP contribution in [-0.2, 0) is 17.8 Å². The Labute approximate surface area is 184 Å². The molecule has 1 aliphatic rings. The molecule has 0 saturated carbocycles. The number of methoxy groups -OCH3 is 1. The summed E-state index contributed by atoms with van der Waals surface area (Å²) in [6.45, 7) is 8.47. The second kappa shape index (κ2) is 12.1. The molecule has 0 spiro atoms. The van der Waals surface area contributed by atoms with Crippen LogP contribution in [0.5, 0.6) is 17.2 Å². The van der Waals surface area contributed by atoms with Crippen LogP contribution in [0.1, 0.15) is 30.0 Å². The Kier molecular flexibility index (Phi) is 8.84. The second-order valence-electron chi connectivity index (χ2n) is 7.33. The standard InChI is InChI=1S/C24H33N3O4/c1-4-25-24(26-16-19-7-9-21-23(15-19)30-11-5-10-29-21)27-17-20-8-6-18(2)14-22(20)31-13-12-28-3/h6-9,14-15H,4-5,10-13,16-17H2,1-3H3,(H2,25,26,27). The molecule has 0 bridgehead atoms. The number of nitrogens with one attached hydrogen (secondary N) is 2. The van der Waals surface area contributed by atoms with Crippen LogP contribution in [0.2, 0.25) is 0 Å². The van der Waals surface area contributed by atoms with Crippen LogP contribution in [0.25, 0.3) is 0 Å². The van der Waals surface area contributed by atoms with E-state index in [4.69, 9.17) is 23.9 Å². The van der Waals surface area contributed by atoms with Crippen molar-refractivity contribution in [3.63, 3.8) is 0 Å². The van der Waals surface area contributed by atoms with Crippen molar-refractivity contribution >= 4 is 5.96 Å². The summed E-state index contributed by atoms with van der Waals surface area (Å²) in [6.07, 6.45) is 0.896.